The van der Waals surface area contributed by atoms with Crippen molar-refractivity contribution in [2.75, 3.05) is 7.11 Å². The van der Waals surface area contributed by atoms with Crippen LogP contribution in [0.15, 0.2) is 5.16 Å². The molecule has 0 aromatic carbocycles. The van der Waals surface area contributed by atoms with Crippen LogP contribution in [0.25, 0.3) is 0 Å². The topological polar surface area (TPSA) is 69.9 Å². The van der Waals surface area contributed by atoms with Gasteiger partial charge in [-0.05, 0) is 16.8 Å². The smallest absolute Gasteiger partial charge is 0.327 e. The first-order valence-corrected chi connectivity index (χ1v) is 5.55. The molecule has 84 valence electrons. The average molecular weight is 230 g/mol. The quantitative estimate of drug-likeness (QED) is 0.549. The predicted molar refractivity (Wildman–Crippen MR) is 55.4 cm³/mol. The number of methoxy groups -OCH3 is 1. The minimum atomic E-state index is -0.353. The third-order valence-corrected chi connectivity index (χ3v) is 3.13. The molecule has 15 heavy (non-hydrogen) atoms. The van der Waals surface area contributed by atoms with Gasteiger partial charge in [0.15, 0.2) is 0 Å². The lowest BCUT2D eigenvalue weighted by Crippen LogP contribution is -2.14. The summed E-state index contributed by atoms with van der Waals surface area (Å²) in [5.74, 6) is -0.353. The van der Waals surface area contributed by atoms with Crippen molar-refractivity contribution in [3.05, 3.63) is 0 Å². The Morgan fingerprint density at radius 1 is 1.67 bits per heavy atom. The van der Waals surface area contributed by atoms with E-state index in [1.165, 1.54) is 11.8 Å². The molecule has 1 unspecified atom stereocenters. The monoisotopic (exact) mass is 230 g/mol. The van der Waals surface area contributed by atoms with Crippen LogP contribution < -0.4 is 0 Å². The summed E-state index contributed by atoms with van der Waals surface area (Å²) in [7, 11) is 1.34. The zero-order valence-corrected chi connectivity index (χ0v) is 9.82. The Morgan fingerprint density at radius 3 is 3.00 bits per heavy atom. The largest absolute Gasteiger partial charge is 0.468 e. The number of rotatable bonds is 5. The van der Waals surface area contributed by atoms with Crippen molar-refractivity contribution in [2.24, 2.45) is 0 Å². The van der Waals surface area contributed by atoms with Gasteiger partial charge in [0.1, 0.15) is 6.54 Å². The lowest BCUT2D eigenvalue weighted by molar-refractivity contribution is -0.141. The molecule has 1 atom stereocenters. The maximum Gasteiger partial charge on any atom is 0.327 e. The van der Waals surface area contributed by atoms with E-state index in [0.29, 0.717) is 10.4 Å². The number of hydrogen-bond donors (Lipinski definition) is 0. The predicted octanol–water partition coefficient (Wildman–Crippen LogP) is 0.737. The van der Waals surface area contributed by atoms with Gasteiger partial charge in [-0.15, -0.1) is 5.10 Å². The highest BCUT2D eigenvalue weighted by molar-refractivity contribution is 7.99. The molecule has 0 aliphatic carbocycles. The van der Waals surface area contributed by atoms with E-state index in [1.807, 2.05) is 0 Å². The molecule has 6 nitrogen and oxygen atoms in total. The molecule has 0 amide bonds. The molecule has 7 heteroatoms. The Hall–Kier alpha value is -1.11. The van der Waals surface area contributed by atoms with E-state index in [9.17, 15) is 4.79 Å². The third kappa shape index (κ3) is 3.50. The number of tetrazole rings is 1. The molecule has 1 rings (SSSR count). The van der Waals surface area contributed by atoms with Gasteiger partial charge in [-0.25, -0.2) is 4.68 Å². The number of carbonyl (C=O) groups is 1. The summed E-state index contributed by atoms with van der Waals surface area (Å²) in [5.41, 5.74) is 0. The normalized spacial score (nSPS) is 12.5. The van der Waals surface area contributed by atoms with Crippen LogP contribution in [-0.4, -0.2) is 38.5 Å². The number of ether oxygens (including phenoxy) is 1. The number of thioether (sulfide) groups is 1. The van der Waals surface area contributed by atoms with E-state index < -0.39 is 0 Å². The van der Waals surface area contributed by atoms with E-state index in [0.717, 1.165) is 6.42 Å². The van der Waals surface area contributed by atoms with E-state index in [2.05, 4.69) is 34.1 Å². The Kier molecular flexibility index (Phi) is 4.54. The molecule has 0 radical (unpaired) electrons. The molecule has 0 N–H and O–H groups in total. The fourth-order valence-electron chi connectivity index (χ4n) is 0.830. The lowest BCUT2D eigenvalue weighted by atomic mass is 10.4. The first-order valence-electron chi connectivity index (χ1n) is 4.67. The number of nitrogens with zero attached hydrogens (tertiary/aromatic N) is 4. The zero-order valence-electron chi connectivity index (χ0n) is 9.01. The van der Waals surface area contributed by atoms with Crippen LogP contribution in [0.1, 0.15) is 20.3 Å². The highest BCUT2D eigenvalue weighted by Gasteiger charge is 2.13. The van der Waals surface area contributed by atoms with Crippen LogP contribution >= 0.6 is 11.8 Å². The van der Waals surface area contributed by atoms with Crippen LogP contribution in [0, 0.1) is 0 Å². The maximum absolute atomic E-state index is 11.0. The molecule has 1 aromatic rings. The molecule has 1 aromatic heterocycles. The SMILES string of the molecule is CCC(C)Sc1nnnn1CC(=O)OC. The summed E-state index contributed by atoms with van der Waals surface area (Å²) >= 11 is 1.55. The second-order valence-electron chi connectivity index (χ2n) is 3.03. The van der Waals surface area contributed by atoms with Crippen LogP contribution in [0.5, 0.6) is 0 Å². The van der Waals surface area contributed by atoms with E-state index in [-0.39, 0.29) is 12.5 Å². The second-order valence-corrected chi connectivity index (χ2v) is 4.44. The minimum absolute atomic E-state index is 0.0578. The average Bonchev–Trinajstić information content (AvgIpc) is 2.65. The molecular weight excluding hydrogens is 216 g/mol. The fraction of sp³-hybridized carbons (Fsp3) is 0.750. The van der Waals surface area contributed by atoms with Gasteiger partial charge in [0.2, 0.25) is 5.16 Å². The molecule has 0 saturated heterocycles. The first-order chi connectivity index (χ1) is 7.17. The number of carbonyl (C=O) groups excluding carboxylic acids is 1. The summed E-state index contributed by atoms with van der Waals surface area (Å²) in [6.07, 6.45) is 1.02. The fourth-order valence-corrected chi connectivity index (χ4v) is 1.66. The number of esters is 1. The maximum atomic E-state index is 11.0. The molecule has 0 fully saturated rings. The molecule has 0 saturated carbocycles. The van der Waals surface area contributed by atoms with Crippen molar-refractivity contribution in [3.8, 4) is 0 Å². The molecule has 0 aliphatic rings. The lowest BCUT2D eigenvalue weighted by Gasteiger charge is -2.06. The van der Waals surface area contributed by atoms with Crippen molar-refractivity contribution in [1.29, 1.82) is 0 Å². The highest BCUT2D eigenvalue weighted by atomic mass is 32.2. The first kappa shape index (κ1) is 12.0. The van der Waals surface area contributed by atoms with Crippen molar-refractivity contribution in [3.63, 3.8) is 0 Å². The van der Waals surface area contributed by atoms with Crippen LogP contribution in [0.4, 0.5) is 0 Å². The summed E-state index contributed by atoms with van der Waals surface area (Å²) in [4.78, 5) is 11.0. The highest BCUT2D eigenvalue weighted by Crippen LogP contribution is 2.21. The molecule has 0 spiro atoms. The van der Waals surface area contributed by atoms with E-state index in [4.69, 9.17) is 0 Å². The summed E-state index contributed by atoms with van der Waals surface area (Å²) in [6, 6.07) is 0. The summed E-state index contributed by atoms with van der Waals surface area (Å²) in [5, 5.41) is 12.2. The number of aromatic nitrogens is 4. The van der Waals surface area contributed by atoms with Gasteiger partial charge in [0.25, 0.3) is 0 Å². The third-order valence-electron chi connectivity index (χ3n) is 1.89. The number of hydrogen-bond acceptors (Lipinski definition) is 6. The Labute approximate surface area is 92.4 Å². The van der Waals surface area contributed by atoms with Crippen molar-refractivity contribution in [1.82, 2.24) is 20.2 Å². The standard InChI is InChI=1S/C8H14N4O2S/c1-4-6(2)15-8-9-10-11-12(8)5-7(13)14-3/h6H,4-5H2,1-3H3. The summed E-state index contributed by atoms with van der Waals surface area (Å²) < 4.78 is 5.99. The Morgan fingerprint density at radius 2 is 2.40 bits per heavy atom. The van der Waals surface area contributed by atoms with Gasteiger partial charge < -0.3 is 4.74 Å². The van der Waals surface area contributed by atoms with Crippen LogP contribution in [-0.2, 0) is 16.1 Å². The van der Waals surface area contributed by atoms with Gasteiger partial charge in [-0.2, -0.15) is 0 Å². The van der Waals surface area contributed by atoms with Gasteiger partial charge in [0.05, 0.1) is 7.11 Å². The molecule has 0 aliphatic heterocycles. The molecular formula is C8H14N4O2S. The van der Waals surface area contributed by atoms with E-state index >= 15 is 0 Å². The van der Waals surface area contributed by atoms with Crippen molar-refractivity contribution in [2.45, 2.75) is 37.2 Å². The van der Waals surface area contributed by atoms with Crippen LogP contribution in [0.3, 0.4) is 0 Å². The van der Waals surface area contributed by atoms with Crippen molar-refractivity contribution < 1.29 is 9.53 Å². The zero-order chi connectivity index (χ0) is 11.3. The Balaban J connectivity index is 2.64. The van der Waals surface area contributed by atoms with Gasteiger partial charge in [0, 0.05) is 5.25 Å². The van der Waals surface area contributed by atoms with Gasteiger partial charge >= 0.3 is 5.97 Å². The molecule has 1 heterocycles. The minimum Gasteiger partial charge on any atom is -0.468 e. The van der Waals surface area contributed by atoms with Gasteiger partial charge in [-0.1, -0.05) is 25.6 Å². The Bertz CT molecular complexity index is 328. The molecule has 0 bridgehead atoms. The van der Waals surface area contributed by atoms with Crippen LogP contribution in [0.2, 0.25) is 0 Å². The van der Waals surface area contributed by atoms with E-state index in [1.54, 1.807) is 11.8 Å². The second kappa shape index (κ2) is 5.69. The van der Waals surface area contributed by atoms with Gasteiger partial charge in [-0.3, -0.25) is 4.79 Å². The summed E-state index contributed by atoms with van der Waals surface area (Å²) in [6.45, 7) is 4.23. The van der Waals surface area contributed by atoms with Crippen molar-refractivity contribution >= 4 is 17.7 Å².